The van der Waals surface area contributed by atoms with Gasteiger partial charge in [-0.2, -0.15) is 0 Å². The Morgan fingerprint density at radius 1 is 1.35 bits per heavy atom. The van der Waals surface area contributed by atoms with E-state index in [2.05, 4.69) is 5.32 Å². The van der Waals surface area contributed by atoms with Gasteiger partial charge in [0.25, 0.3) is 9.05 Å². The normalized spacial score (nSPS) is 24.2. The number of carbonyl (C=O) groups excluding carboxylic acids is 1. The smallest absolute Gasteiger partial charge is 0.408 e. The topological polar surface area (TPSA) is 72.5 Å². The van der Waals surface area contributed by atoms with E-state index >= 15 is 0 Å². The molecule has 1 heterocycles. The van der Waals surface area contributed by atoms with Crippen molar-refractivity contribution in [2.45, 2.75) is 17.4 Å². The summed E-state index contributed by atoms with van der Waals surface area (Å²) in [5.41, 5.74) is -0.0639. The second-order valence-corrected chi connectivity index (χ2v) is 6.50. The van der Waals surface area contributed by atoms with Gasteiger partial charge >= 0.3 is 6.09 Å². The van der Waals surface area contributed by atoms with E-state index in [1.165, 1.54) is 12.1 Å². The highest BCUT2D eigenvalue weighted by Gasteiger charge is 2.37. The van der Waals surface area contributed by atoms with Crippen LogP contribution in [0.4, 0.5) is 4.79 Å². The van der Waals surface area contributed by atoms with Crippen LogP contribution in [0.15, 0.2) is 29.2 Å². The Labute approximate surface area is 103 Å². The Kier molecular flexibility index (Phi) is 2.79. The highest BCUT2D eigenvalue weighted by Crippen LogP contribution is 2.29. The third-order valence-electron chi connectivity index (χ3n) is 2.63. The largest absolute Gasteiger partial charge is 0.436 e. The average Bonchev–Trinajstić information content (AvgIpc) is 2.59. The summed E-state index contributed by atoms with van der Waals surface area (Å²) in [5.74, 6) is 0. The molecule has 1 unspecified atom stereocenters. The molecule has 0 aromatic heterocycles. The van der Waals surface area contributed by atoms with Crippen LogP contribution in [0.1, 0.15) is 12.5 Å². The van der Waals surface area contributed by atoms with Crippen molar-refractivity contribution < 1.29 is 17.9 Å². The first-order chi connectivity index (χ1) is 7.81. The molecule has 0 bridgehead atoms. The minimum absolute atomic E-state index is 0.0174. The van der Waals surface area contributed by atoms with Crippen molar-refractivity contribution >= 4 is 25.8 Å². The Morgan fingerprint density at radius 3 is 2.35 bits per heavy atom. The number of benzene rings is 1. The number of nitrogens with one attached hydrogen (secondary N) is 1. The second-order valence-electron chi connectivity index (χ2n) is 3.94. The molecule has 1 saturated heterocycles. The third kappa shape index (κ3) is 2.37. The molecule has 0 saturated carbocycles. The molecule has 5 nitrogen and oxygen atoms in total. The van der Waals surface area contributed by atoms with E-state index in [1.807, 2.05) is 0 Å². The van der Waals surface area contributed by atoms with Crippen LogP contribution in [0.25, 0.3) is 0 Å². The number of ether oxygens (including phenoxy) is 1. The maximum Gasteiger partial charge on any atom is 0.408 e. The van der Waals surface area contributed by atoms with Gasteiger partial charge < -0.3 is 10.1 Å². The van der Waals surface area contributed by atoms with Gasteiger partial charge in [0.2, 0.25) is 0 Å². The summed E-state index contributed by atoms with van der Waals surface area (Å²) < 4.78 is 27.3. The number of rotatable bonds is 2. The predicted octanol–water partition coefficient (Wildman–Crippen LogP) is 1.57. The number of hydrogen-bond acceptors (Lipinski definition) is 4. The van der Waals surface area contributed by atoms with E-state index in [0.29, 0.717) is 12.1 Å². The molecule has 2 rings (SSSR count). The van der Waals surface area contributed by atoms with Crippen LogP contribution >= 0.6 is 10.7 Å². The second kappa shape index (κ2) is 3.89. The predicted molar refractivity (Wildman–Crippen MR) is 61.3 cm³/mol. The van der Waals surface area contributed by atoms with Crippen LogP contribution in [0.5, 0.6) is 0 Å². The fourth-order valence-corrected chi connectivity index (χ4v) is 2.42. The molecule has 1 fully saturated rings. The molecule has 1 aromatic rings. The molecule has 92 valence electrons. The van der Waals surface area contributed by atoms with Gasteiger partial charge in [0.1, 0.15) is 0 Å². The van der Waals surface area contributed by atoms with Crippen LogP contribution in [0.3, 0.4) is 0 Å². The molecular formula is C10H10ClNO4S. The Balaban J connectivity index is 2.33. The van der Waals surface area contributed by atoms with Crippen molar-refractivity contribution in [2.24, 2.45) is 0 Å². The van der Waals surface area contributed by atoms with Crippen molar-refractivity contribution in [1.29, 1.82) is 0 Å². The monoisotopic (exact) mass is 275 g/mol. The summed E-state index contributed by atoms with van der Waals surface area (Å²) in [4.78, 5) is 11.0. The Morgan fingerprint density at radius 2 is 1.94 bits per heavy atom. The van der Waals surface area contributed by atoms with Gasteiger partial charge in [-0.25, -0.2) is 13.2 Å². The highest BCUT2D eigenvalue weighted by atomic mass is 35.7. The average molecular weight is 276 g/mol. The van der Waals surface area contributed by atoms with Gasteiger partial charge in [-0.3, -0.25) is 0 Å². The summed E-state index contributed by atoms with van der Waals surface area (Å²) in [6, 6.07) is 5.93. The SMILES string of the molecule is CC1(c2ccc(S(=O)(=O)Cl)cc2)CNC(=O)O1. The fourth-order valence-electron chi connectivity index (χ4n) is 1.65. The molecule has 1 aromatic carbocycles. The molecule has 1 amide bonds. The first-order valence-electron chi connectivity index (χ1n) is 4.83. The lowest BCUT2D eigenvalue weighted by atomic mass is 9.97. The zero-order chi connectivity index (χ0) is 12.7. The van der Waals surface area contributed by atoms with Gasteiger partial charge in [-0.1, -0.05) is 12.1 Å². The molecule has 0 spiro atoms. The molecular weight excluding hydrogens is 266 g/mol. The molecule has 0 aliphatic carbocycles. The quantitative estimate of drug-likeness (QED) is 0.832. The molecule has 1 atom stereocenters. The lowest BCUT2D eigenvalue weighted by molar-refractivity contribution is 0.0704. The van der Waals surface area contributed by atoms with Gasteiger partial charge in [0.05, 0.1) is 11.4 Å². The maximum absolute atomic E-state index is 11.1. The van der Waals surface area contributed by atoms with Gasteiger partial charge in [0, 0.05) is 10.7 Å². The number of amides is 1. The molecule has 1 N–H and O–H groups in total. The summed E-state index contributed by atoms with van der Waals surface area (Å²) in [6.07, 6.45) is -0.485. The molecule has 1 aliphatic rings. The van der Waals surface area contributed by atoms with Crippen molar-refractivity contribution in [3.05, 3.63) is 29.8 Å². The van der Waals surface area contributed by atoms with E-state index in [-0.39, 0.29) is 4.90 Å². The van der Waals surface area contributed by atoms with Crippen LogP contribution < -0.4 is 5.32 Å². The maximum atomic E-state index is 11.1. The number of halogens is 1. The standard InChI is InChI=1S/C10H10ClNO4S/c1-10(6-12-9(13)16-10)7-2-4-8(5-3-7)17(11,14)15/h2-5H,6H2,1H3,(H,12,13). The zero-order valence-electron chi connectivity index (χ0n) is 8.94. The number of carbonyl (C=O) groups is 1. The first-order valence-corrected chi connectivity index (χ1v) is 7.14. The number of alkyl carbamates (subject to hydrolysis) is 1. The van der Waals surface area contributed by atoms with Crippen LogP contribution in [0, 0.1) is 0 Å². The van der Waals surface area contributed by atoms with Gasteiger partial charge in [-0.05, 0) is 24.6 Å². The zero-order valence-corrected chi connectivity index (χ0v) is 10.5. The van der Waals surface area contributed by atoms with Crippen molar-refractivity contribution in [1.82, 2.24) is 5.32 Å². The van der Waals surface area contributed by atoms with Gasteiger partial charge in [-0.15, -0.1) is 0 Å². The Bertz CT molecular complexity index is 554. The number of cyclic esters (lactones) is 1. The molecule has 0 radical (unpaired) electrons. The van der Waals surface area contributed by atoms with Crippen LogP contribution in [-0.4, -0.2) is 21.1 Å². The summed E-state index contributed by atoms with van der Waals surface area (Å²) >= 11 is 0. The highest BCUT2D eigenvalue weighted by molar-refractivity contribution is 8.13. The third-order valence-corrected chi connectivity index (χ3v) is 4.00. The van der Waals surface area contributed by atoms with Crippen molar-refractivity contribution in [3.63, 3.8) is 0 Å². The minimum atomic E-state index is -3.72. The number of hydrogen-bond donors (Lipinski definition) is 1. The van der Waals surface area contributed by atoms with E-state index in [9.17, 15) is 13.2 Å². The van der Waals surface area contributed by atoms with E-state index in [4.69, 9.17) is 15.4 Å². The lowest BCUT2D eigenvalue weighted by Gasteiger charge is -2.21. The summed E-state index contributed by atoms with van der Waals surface area (Å²) in [6.45, 7) is 2.09. The Hall–Kier alpha value is -1.27. The van der Waals surface area contributed by atoms with Crippen LogP contribution in [0.2, 0.25) is 0 Å². The van der Waals surface area contributed by atoms with Crippen molar-refractivity contribution in [2.75, 3.05) is 6.54 Å². The molecule has 7 heteroatoms. The van der Waals surface area contributed by atoms with Crippen molar-refractivity contribution in [3.8, 4) is 0 Å². The van der Waals surface area contributed by atoms with E-state index < -0.39 is 20.7 Å². The summed E-state index contributed by atoms with van der Waals surface area (Å²) in [5, 5.41) is 2.55. The minimum Gasteiger partial charge on any atom is -0.436 e. The fraction of sp³-hybridized carbons (Fsp3) is 0.300. The lowest BCUT2D eigenvalue weighted by Crippen LogP contribution is -2.26. The van der Waals surface area contributed by atoms with Crippen LogP contribution in [-0.2, 0) is 19.4 Å². The van der Waals surface area contributed by atoms with E-state index in [0.717, 1.165) is 0 Å². The van der Waals surface area contributed by atoms with E-state index in [1.54, 1.807) is 19.1 Å². The first kappa shape index (κ1) is 12.2. The molecule has 1 aliphatic heterocycles. The summed E-state index contributed by atoms with van der Waals surface area (Å²) in [7, 11) is 1.48. The van der Waals surface area contributed by atoms with Gasteiger partial charge in [0.15, 0.2) is 5.60 Å². The molecule has 17 heavy (non-hydrogen) atoms.